The van der Waals surface area contributed by atoms with E-state index in [0.29, 0.717) is 19.6 Å². The van der Waals surface area contributed by atoms with Crippen molar-refractivity contribution in [1.82, 2.24) is 10.2 Å². The van der Waals surface area contributed by atoms with Gasteiger partial charge in [0, 0.05) is 18.3 Å². The molecule has 6 nitrogen and oxygen atoms in total. The largest absolute Gasteiger partial charge is 0.494 e. The molecule has 0 radical (unpaired) electrons. The Labute approximate surface area is 155 Å². The van der Waals surface area contributed by atoms with Gasteiger partial charge in [-0.1, -0.05) is 19.3 Å². The fraction of sp³-hybridized carbons (Fsp3) is 0.600. The maximum absolute atomic E-state index is 12.7. The normalized spacial score (nSPS) is 20.7. The molecule has 2 N–H and O–H groups in total. The average molecular weight is 359 g/mol. The van der Waals surface area contributed by atoms with E-state index in [9.17, 15) is 9.59 Å². The van der Waals surface area contributed by atoms with Gasteiger partial charge in [-0.2, -0.15) is 0 Å². The minimum absolute atomic E-state index is 0.0961. The Morgan fingerprint density at radius 1 is 1.08 bits per heavy atom. The van der Waals surface area contributed by atoms with Crippen molar-refractivity contribution < 1.29 is 14.3 Å². The smallest absolute Gasteiger partial charge is 0.318 e. The lowest BCUT2D eigenvalue weighted by molar-refractivity contribution is -0.119. The Bertz CT molecular complexity index is 611. The van der Waals surface area contributed by atoms with Gasteiger partial charge in [0.25, 0.3) is 0 Å². The van der Waals surface area contributed by atoms with Crippen molar-refractivity contribution in [2.45, 2.75) is 64.0 Å². The van der Waals surface area contributed by atoms with Crippen LogP contribution in [-0.2, 0) is 4.79 Å². The van der Waals surface area contributed by atoms with Gasteiger partial charge in [0.15, 0.2) is 0 Å². The molecule has 1 atom stereocenters. The molecule has 3 rings (SSSR count). The molecule has 1 aromatic rings. The summed E-state index contributed by atoms with van der Waals surface area (Å²) in [6.45, 7) is 3.18. The van der Waals surface area contributed by atoms with Gasteiger partial charge in [0.2, 0.25) is 5.91 Å². The van der Waals surface area contributed by atoms with Crippen LogP contribution in [0.3, 0.4) is 0 Å². The first-order valence-electron chi connectivity index (χ1n) is 9.78. The first-order chi connectivity index (χ1) is 12.7. The van der Waals surface area contributed by atoms with Crippen molar-refractivity contribution in [3.63, 3.8) is 0 Å². The predicted molar refractivity (Wildman–Crippen MR) is 101 cm³/mol. The summed E-state index contributed by atoms with van der Waals surface area (Å²) in [5.74, 6) is 0.658. The van der Waals surface area contributed by atoms with Crippen molar-refractivity contribution in [2.75, 3.05) is 18.5 Å². The maximum Gasteiger partial charge on any atom is 0.318 e. The number of hydrogen-bond donors (Lipinski definition) is 2. The highest BCUT2D eigenvalue weighted by molar-refractivity contribution is 5.97. The Morgan fingerprint density at radius 2 is 1.81 bits per heavy atom. The van der Waals surface area contributed by atoms with E-state index >= 15 is 0 Å². The molecule has 6 heteroatoms. The molecule has 1 saturated carbocycles. The third-order valence-electron chi connectivity index (χ3n) is 5.18. The topological polar surface area (TPSA) is 70.7 Å². The second-order valence-corrected chi connectivity index (χ2v) is 7.08. The Morgan fingerprint density at radius 3 is 2.50 bits per heavy atom. The van der Waals surface area contributed by atoms with Gasteiger partial charge in [-0.25, -0.2) is 4.79 Å². The number of nitrogens with one attached hydrogen (secondary N) is 2. The summed E-state index contributed by atoms with van der Waals surface area (Å²) in [7, 11) is 0. The van der Waals surface area contributed by atoms with Gasteiger partial charge >= 0.3 is 6.03 Å². The summed E-state index contributed by atoms with van der Waals surface area (Å²) >= 11 is 0. The summed E-state index contributed by atoms with van der Waals surface area (Å²) in [4.78, 5) is 27.0. The van der Waals surface area contributed by atoms with Crippen LogP contribution >= 0.6 is 0 Å². The zero-order valence-electron chi connectivity index (χ0n) is 15.5. The van der Waals surface area contributed by atoms with Gasteiger partial charge in [0.1, 0.15) is 11.8 Å². The molecule has 26 heavy (non-hydrogen) atoms. The number of nitrogens with zero attached hydrogens (tertiary/aromatic N) is 1. The van der Waals surface area contributed by atoms with Gasteiger partial charge in [0.05, 0.1) is 6.61 Å². The van der Waals surface area contributed by atoms with Crippen molar-refractivity contribution in [2.24, 2.45) is 0 Å². The first kappa shape index (κ1) is 18.5. The van der Waals surface area contributed by atoms with Gasteiger partial charge in [-0.15, -0.1) is 0 Å². The number of amides is 3. The van der Waals surface area contributed by atoms with E-state index in [1.54, 1.807) is 4.90 Å². The maximum atomic E-state index is 12.7. The van der Waals surface area contributed by atoms with E-state index in [-0.39, 0.29) is 18.0 Å². The quantitative estimate of drug-likeness (QED) is 0.845. The molecule has 1 heterocycles. The van der Waals surface area contributed by atoms with E-state index in [1.807, 2.05) is 31.2 Å². The Balaban J connectivity index is 1.56. The second kappa shape index (κ2) is 8.92. The molecule has 1 saturated heterocycles. The molecule has 0 unspecified atom stereocenters. The van der Waals surface area contributed by atoms with Gasteiger partial charge in [-0.3, -0.25) is 4.79 Å². The van der Waals surface area contributed by atoms with Crippen LogP contribution in [0.15, 0.2) is 24.3 Å². The lowest BCUT2D eigenvalue weighted by Gasteiger charge is -2.29. The number of urea groups is 1. The number of likely N-dealkylation sites (tertiary alicyclic amines) is 1. The summed E-state index contributed by atoms with van der Waals surface area (Å²) in [5.41, 5.74) is 0.720. The van der Waals surface area contributed by atoms with Crippen LogP contribution in [0.4, 0.5) is 10.5 Å². The number of carbonyl (C=O) groups is 2. The minimum atomic E-state index is -0.398. The lowest BCUT2D eigenvalue weighted by Crippen LogP contribution is -2.50. The number of hydrogen-bond acceptors (Lipinski definition) is 3. The lowest BCUT2D eigenvalue weighted by atomic mass is 9.96. The zero-order chi connectivity index (χ0) is 18.4. The second-order valence-electron chi connectivity index (χ2n) is 7.08. The van der Waals surface area contributed by atoms with Crippen LogP contribution in [-0.4, -0.2) is 42.1 Å². The summed E-state index contributed by atoms with van der Waals surface area (Å²) in [6, 6.07) is 7.08. The van der Waals surface area contributed by atoms with Crippen LogP contribution in [0.25, 0.3) is 0 Å². The average Bonchev–Trinajstić information content (AvgIpc) is 3.14. The van der Waals surface area contributed by atoms with Crippen LogP contribution < -0.4 is 15.4 Å². The molecular formula is C20H29N3O3. The van der Waals surface area contributed by atoms with Crippen molar-refractivity contribution in [3.05, 3.63) is 24.3 Å². The standard InChI is InChI=1S/C20H29N3O3/c1-2-26-17-12-10-16(11-13-17)21-19(24)18-9-6-14-23(18)20(25)22-15-7-4-3-5-8-15/h10-13,15,18H,2-9,14H2,1H3,(H,21,24)(H,22,25)/t18-/m1/s1. The number of rotatable bonds is 5. The van der Waals surface area contributed by atoms with E-state index in [2.05, 4.69) is 10.6 Å². The summed E-state index contributed by atoms with van der Waals surface area (Å²) in [6.07, 6.45) is 7.26. The highest BCUT2D eigenvalue weighted by Crippen LogP contribution is 2.22. The third-order valence-corrected chi connectivity index (χ3v) is 5.18. The minimum Gasteiger partial charge on any atom is -0.494 e. The van der Waals surface area contributed by atoms with E-state index in [1.165, 1.54) is 19.3 Å². The molecule has 1 aromatic carbocycles. The number of carbonyl (C=O) groups excluding carboxylic acids is 2. The van der Waals surface area contributed by atoms with Crippen molar-refractivity contribution in [3.8, 4) is 5.75 Å². The molecule has 3 amide bonds. The van der Waals surface area contributed by atoms with Gasteiger partial charge in [-0.05, 0) is 56.9 Å². The van der Waals surface area contributed by atoms with Crippen LogP contribution in [0.1, 0.15) is 51.9 Å². The third kappa shape index (κ3) is 4.68. The molecule has 0 spiro atoms. The van der Waals surface area contributed by atoms with Crippen LogP contribution in [0.5, 0.6) is 5.75 Å². The summed E-state index contributed by atoms with van der Waals surface area (Å²) < 4.78 is 5.41. The highest BCUT2D eigenvalue weighted by Gasteiger charge is 2.35. The molecule has 1 aliphatic heterocycles. The molecule has 2 fully saturated rings. The van der Waals surface area contributed by atoms with Crippen LogP contribution in [0.2, 0.25) is 0 Å². The highest BCUT2D eigenvalue weighted by atomic mass is 16.5. The van der Waals surface area contributed by atoms with E-state index in [4.69, 9.17) is 4.74 Å². The molecular weight excluding hydrogens is 330 g/mol. The van der Waals surface area contributed by atoms with E-state index in [0.717, 1.165) is 30.7 Å². The molecule has 0 bridgehead atoms. The van der Waals surface area contributed by atoms with Crippen LogP contribution in [0, 0.1) is 0 Å². The van der Waals surface area contributed by atoms with Gasteiger partial charge < -0.3 is 20.3 Å². The van der Waals surface area contributed by atoms with Crippen molar-refractivity contribution >= 4 is 17.6 Å². The fourth-order valence-corrected chi connectivity index (χ4v) is 3.81. The number of benzene rings is 1. The Kier molecular flexibility index (Phi) is 6.36. The molecule has 0 aromatic heterocycles. The number of ether oxygens (including phenoxy) is 1. The monoisotopic (exact) mass is 359 g/mol. The molecule has 142 valence electrons. The summed E-state index contributed by atoms with van der Waals surface area (Å²) in [5, 5.41) is 6.05. The molecule has 2 aliphatic rings. The molecule has 1 aliphatic carbocycles. The first-order valence-corrected chi connectivity index (χ1v) is 9.78. The fourth-order valence-electron chi connectivity index (χ4n) is 3.81. The SMILES string of the molecule is CCOc1ccc(NC(=O)[C@H]2CCCN2C(=O)NC2CCCCC2)cc1. The zero-order valence-corrected chi connectivity index (χ0v) is 15.5. The number of anilines is 1. The van der Waals surface area contributed by atoms with E-state index < -0.39 is 6.04 Å². The Hall–Kier alpha value is -2.24. The predicted octanol–water partition coefficient (Wildman–Crippen LogP) is 3.53. The van der Waals surface area contributed by atoms with Crippen molar-refractivity contribution in [1.29, 1.82) is 0 Å².